The molecular formula is C17H21IN4. The van der Waals surface area contributed by atoms with Crippen LogP contribution in [0.4, 0.5) is 5.95 Å². The highest BCUT2D eigenvalue weighted by Gasteiger charge is 2.21. The van der Waals surface area contributed by atoms with E-state index in [1.165, 1.54) is 5.56 Å². The second kappa shape index (κ2) is 7.37. The molecule has 0 radical (unpaired) electrons. The summed E-state index contributed by atoms with van der Waals surface area (Å²) in [5.41, 5.74) is 1.38. The second-order valence-corrected chi connectivity index (χ2v) is 7.22. The Morgan fingerprint density at radius 2 is 1.82 bits per heavy atom. The number of rotatable bonds is 3. The van der Waals surface area contributed by atoms with E-state index < -0.39 is 0 Å². The summed E-state index contributed by atoms with van der Waals surface area (Å²) in [6.07, 6.45) is 3.78. The van der Waals surface area contributed by atoms with Gasteiger partial charge >= 0.3 is 0 Å². The van der Waals surface area contributed by atoms with Crippen LogP contribution in [0.15, 0.2) is 42.7 Å². The molecule has 4 nitrogen and oxygen atoms in total. The van der Waals surface area contributed by atoms with Crippen LogP contribution >= 0.6 is 22.6 Å². The third-order valence-electron chi connectivity index (χ3n) is 3.93. The van der Waals surface area contributed by atoms with Crippen molar-refractivity contribution >= 4 is 28.5 Å². The van der Waals surface area contributed by atoms with E-state index in [0.29, 0.717) is 5.92 Å². The van der Waals surface area contributed by atoms with Gasteiger partial charge in [0.2, 0.25) is 5.95 Å². The van der Waals surface area contributed by atoms with Crippen LogP contribution < -0.4 is 4.90 Å². The fraction of sp³-hybridized carbons (Fsp3) is 0.412. The number of aromatic nitrogens is 2. The van der Waals surface area contributed by atoms with Gasteiger partial charge in [0.15, 0.2) is 0 Å². The number of nitrogens with zero attached hydrogens (tertiary/aromatic N) is 4. The molecule has 0 saturated carbocycles. The lowest BCUT2D eigenvalue weighted by Crippen LogP contribution is -2.31. The predicted octanol–water partition coefficient (Wildman–Crippen LogP) is 3.04. The minimum Gasteiger partial charge on any atom is -0.339 e. The van der Waals surface area contributed by atoms with E-state index in [4.69, 9.17) is 0 Å². The maximum absolute atomic E-state index is 4.48. The molecule has 0 N–H and O–H groups in total. The van der Waals surface area contributed by atoms with E-state index in [9.17, 15) is 0 Å². The highest BCUT2D eigenvalue weighted by Crippen LogP contribution is 2.16. The van der Waals surface area contributed by atoms with Crippen LogP contribution in [0.3, 0.4) is 0 Å². The third-order valence-corrected chi connectivity index (χ3v) is 4.48. The first-order chi connectivity index (χ1) is 10.7. The van der Waals surface area contributed by atoms with Crippen LogP contribution in [0.1, 0.15) is 12.5 Å². The third kappa shape index (κ3) is 4.16. The standard InChI is InChI=1S/C17H21IN4/c1-14-11-21(13-15-5-3-2-4-6-15)7-8-22(12-14)17-19-9-16(18)10-20-17/h2-6,9-10,14H,7-8,11-13H2,1H3. The smallest absolute Gasteiger partial charge is 0.225 e. The van der Waals surface area contributed by atoms with Gasteiger partial charge in [-0.25, -0.2) is 9.97 Å². The molecule has 1 saturated heterocycles. The number of hydrogen-bond acceptors (Lipinski definition) is 4. The Hall–Kier alpha value is -1.21. The van der Waals surface area contributed by atoms with E-state index in [2.05, 4.69) is 79.6 Å². The molecule has 5 heteroatoms. The molecule has 22 heavy (non-hydrogen) atoms. The molecule has 2 heterocycles. The quantitative estimate of drug-likeness (QED) is 0.731. The average Bonchev–Trinajstić information content (AvgIpc) is 2.70. The maximum atomic E-state index is 4.48. The fourth-order valence-electron chi connectivity index (χ4n) is 2.96. The van der Waals surface area contributed by atoms with Crippen LogP contribution in [0, 0.1) is 9.49 Å². The second-order valence-electron chi connectivity index (χ2n) is 5.97. The lowest BCUT2D eigenvalue weighted by molar-refractivity contribution is 0.257. The first-order valence-corrected chi connectivity index (χ1v) is 8.77. The molecule has 1 aromatic carbocycles. The van der Waals surface area contributed by atoms with Crippen LogP contribution in [-0.2, 0) is 6.54 Å². The highest BCUT2D eigenvalue weighted by atomic mass is 127. The Bertz CT molecular complexity index is 587. The van der Waals surface area contributed by atoms with Crippen molar-refractivity contribution in [1.29, 1.82) is 0 Å². The van der Waals surface area contributed by atoms with Gasteiger partial charge in [-0.2, -0.15) is 0 Å². The average molecular weight is 408 g/mol. The van der Waals surface area contributed by atoms with Gasteiger partial charge in [0.25, 0.3) is 0 Å². The zero-order chi connectivity index (χ0) is 15.4. The zero-order valence-electron chi connectivity index (χ0n) is 12.8. The number of benzene rings is 1. The Morgan fingerprint density at radius 1 is 1.09 bits per heavy atom. The van der Waals surface area contributed by atoms with Crippen molar-refractivity contribution in [2.24, 2.45) is 5.92 Å². The Labute approximate surface area is 145 Å². The highest BCUT2D eigenvalue weighted by molar-refractivity contribution is 14.1. The molecule has 0 amide bonds. The summed E-state index contributed by atoms with van der Waals surface area (Å²) in [6.45, 7) is 7.50. The summed E-state index contributed by atoms with van der Waals surface area (Å²) in [4.78, 5) is 13.8. The SMILES string of the molecule is CC1CN(Cc2ccccc2)CCN(c2ncc(I)cn2)C1. The topological polar surface area (TPSA) is 32.3 Å². The Morgan fingerprint density at radius 3 is 2.55 bits per heavy atom. The van der Waals surface area contributed by atoms with Gasteiger partial charge in [-0.1, -0.05) is 37.3 Å². The first kappa shape index (κ1) is 15.7. The molecule has 1 unspecified atom stereocenters. The lowest BCUT2D eigenvalue weighted by atomic mass is 10.1. The van der Waals surface area contributed by atoms with Crippen molar-refractivity contribution in [1.82, 2.24) is 14.9 Å². The van der Waals surface area contributed by atoms with Gasteiger partial charge in [-0.05, 0) is 34.1 Å². The fourth-order valence-corrected chi connectivity index (χ4v) is 3.23. The summed E-state index contributed by atoms with van der Waals surface area (Å²) in [5, 5.41) is 0. The molecule has 3 rings (SSSR count). The molecule has 1 aliphatic heterocycles. The minimum atomic E-state index is 0.606. The van der Waals surface area contributed by atoms with Crippen LogP contribution in [0.25, 0.3) is 0 Å². The van der Waals surface area contributed by atoms with Crippen molar-refractivity contribution in [3.05, 3.63) is 51.9 Å². The van der Waals surface area contributed by atoms with Crippen molar-refractivity contribution in [3.8, 4) is 0 Å². The van der Waals surface area contributed by atoms with Crippen molar-refractivity contribution < 1.29 is 0 Å². The van der Waals surface area contributed by atoms with Gasteiger partial charge in [0.1, 0.15) is 0 Å². The summed E-state index contributed by atoms with van der Waals surface area (Å²) < 4.78 is 1.08. The molecule has 0 aliphatic carbocycles. The molecule has 2 aromatic rings. The normalized spacial score (nSPS) is 19.9. The van der Waals surface area contributed by atoms with Crippen molar-refractivity contribution in [2.75, 3.05) is 31.1 Å². The van der Waals surface area contributed by atoms with Gasteiger partial charge in [-0.15, -0.1) is 0 Å². The summed E-state index contributed by atoms with van der Waals surface area (Å²) in [6, 6.07) is 10.7. The molecule has 0 spiro atoms. The molecule has 1 aromatic heterocycles. The van der Waals surface area contributed by atoms with Gasteiger partial charge in [0, 0.05) is 48.7 Å². The Balaban J connectivity index is 1.66. The van der Waals surface area contributed by atoms with Crippen LogP contribution in [0.2, 0.25) is 0 Å². The maximum Gasteiger partial charge on any atom is 0.225 e. The van der Waals surface area contributed by atoms with E-state index in [0.717, 1.165) is 42.2 Å². The summed E-state index contributed by atoms with van der Waals surface area (Å²) >= 11 is 2.24. The number of hydrogen-bond donors (Lipinski definition) is 0. The molecule has 1 fully saturated rings. The van der Waals surface area contributed by atoms with Crippen molar-refractivity contribution in [2.45, 2.75) is 13.5 Å². The zero-order valence-corrected chi connectivity index (χ0v) is 15.0. The Kier molecular flexibility index (Phi) is 5.25. The molecular weight excluding hydrogens is 387 g/mol. The molecule has 1 atom stereocenters. The lowest BCUT2D eigenvalue weighted by Gasteiger charge is -2.21. The molecule has 116 valence electrons. The molecule has 1 aliphatic rings. The number of halogens is 1. The van der Waals surface area contributed by atoms with Gasteiger partial charge in [0.05, 0.1) is 0 Å². The van der Waals surface area contributed by atoms with E-state index in [1.54, 1.807) is 0 Å². The van der Waals surface area contributed by atoms with Gasteiger partial charge < -0.3 is 4.90 Å². The van der Waals surface area contributed by atoms with Gasteiger partial charge in [-0.3, -0.25) is 4.90 Å². The largest absolute Gasteiger partial charge is 0.339 e. The number of anilines is 1. The van der Waals surface area contributed by atoms with Crippen molar-refractivity contribution in [3.63, 3.8) is 0 Å². The summed E-state index contributed by atoms with van der Waals surface area (Å²) in [5.74, 6) is 1.46. The van der Waals surface area contributed by atoms with E-state index >= 15 is 0 Å². The van der Waals surface area contributed by atoms with E-state index in [1.807, 2.05) is 12.4 Å². The predicted molar refractivity (Wildman–Crippen MR) is 97.8 cm³/mol. The summed E-state index contributed by atoms with van der Waals surface area (Å²) in [7, 11) is 0. The minimum absolute atomic E-state index is 0.606. The van der Waals surface area contributed by atoms with E-state index in [-0.39, 0.29) is 0 Å². The van der Waals surface area contributed by atoms with Crippen LogP contribution in [-0.4, -0.2) is 41.0 Å². The molecule has 0 bridgehead atoms. The van der Waals surface area contributed by atoms with Crippen LogP contribution in [0.5, 0.6) is 0 Å². The monoisotopic (exact) mass is 408 g/mol. The first-order valence-electron chi connectivity index (χ1n) is 7.69.